The second kappa shape index (κ2) is 7.16. The summed E-state index contributed by atoms with van der Waals surface area (Å²) in [6.07, 6.45) is 0.258. The van der Waals surface area contributed by atoms with Gasteiger partial charge in [-0.2, -0.15) is 0 Å². The molecule has 2 fully saturated rings. The van der Waals surface area contributed by atoms with E-state index in [4.69, 9.17) is 18.9 Å². The second-order valence-corrected chi connectivity index (χ2v) is 11.3. The van der Waals surface area contributed by atoms with E-state index >= 15 is 0 Å². The van der Waals surface area contributed by atoms with Gasteiger partial charge in [0.15, 0.2) is 0 Å². The van der Waals surface area contributed by atoms with E-state index in [0.29, 0.717) is 17.3 Å². The fourth-order valence-electron chi connectivity index (χ4n) is 2.16. The van der Waals surface area contributed by atoms with Crippen LogP contribution >= 0.6 is 41.2 Å². The maximum absolute atomic E-state index is 5.96. The summed E-state index contributed by atoms with van der Waals surface area (Å²) in [6.45, 7) is 5.41. The van der Waals surface area contributed by atoms with Crippen molar-refractivity contribution in [3.63, 3.8) is 0 Å². The molecule has 0 aliphatic carbocycles. The van der Waals surface area contributed by atoms with Crippen LogP contribution in [0, 0.1) is 0 Å². The van der Waals surface area contributed by atoms with E-state index in [0.717, 1.165) is 0 Å². The molecule has 2 aliphatic heterocycles. The molecule has 2 heterocycles. The Kier molecular flexibility index (Phi) is 6.49. The Labute approximate surface area is 135 Å². The van der Waals surface area contributed by atoms with Gasteiger partial charge in [0.25, 0.3) is 0 Å². The molecule has 2 rings (SSSR count). The standard InChI is InChI=1S/C10H16I3O4/c1-5(11)16-7-3-14-10-8(4-15-9(7)10)17-6(2)13-12/h5-10H,3-4H2,1-2H3/q-1/t5?,6?,7-,8-,9+,10+/m1/s1. The number of hydrogen-bond donors (Lipinski definition) is 0. The van der Waals surface area contributed by atoms with Gasteiger partial charge >= 0.3 is 137 Å². The molecule has 0 amide bonds. The van der Waals surface area contributed by atoms with Crippen molar-refractivity contribution in [2.75, 3.05) is 13.2 Å². The van der Waals surface area contributed by atoms with E-state index in [9.17, 15) is 0 Å². The SMILES string of the molecule is CC(I)O[C@@H]1CO[C@@H]2[C@H]1OC[C@H]2OC(C)[I-]I. The first-order valence-corrected chi connectivity index (χ1v) is 14.3. The molecule has 0 aromatic rings. The predicted molar refractivity (Wildman–Crippen MR) is 76.2 cm³/mol. The van der Waals surface area contributed by atoms with Crippen molar-refractivity contribution in [3.05, 3.63) is 0 Å². The third-order valence-corrected chi connectivity index (χ3v) is 8.50. The number of fused-ring (bicyclic) bond motifs is 1. The van der Waals surface area contributed by atoms with Crippen LogP contribution in [0.2, 0.25) is 0 Å². The second-order valence-electron chi connectivity index (χ2n) is 4.11. The Hall–Kier alpha value is 2.03. The van der Waals surface area contributed by atoms with Crippen LogP contribution in [-0.4, -0.2) is 45.9 Å². The Balaban J connectivity index is 1.88. The molecule has 2 saturated heterocycles. The van der Waals surface area contributed by atoms with Crippen molar-refractivity contribution >= 4 is 41.2 Å². The van der Waals surface area contributed by atoms with E-state index in [1.165, 1.54) is 0 Å². The molecule has 0 aromatic carbocycles. The van der Waals surface area contributed by atoms with Crippen molar-refractivity contribution in [1.82, 2.24) is 0 Å². The molecule has 17 heavy (non-hydrogen) atoms. The molecule has 4 nitrogen and oxygen atoms in total. The van der Waals surface area contributed by atoms with Crippen LogP contribution in [0.25, 0.3) is 0 Å². The van der Waals surface area contributed by atoms with E-state index in [1.54, 1.807) is 0 Å². The maximum atomic E-state index is 5.96. The third kappa shape index (κ3) is 4.00. The van der Waals surface area contributed by atoms with Gasteiger partial charge in [-0.05, 0) is 0 Å². The predicted octanol–water partition coefficient (Wildman–Crippen LogP) is -0.880. The summed E-state index contributed by atoms with van der Waals surface area (Å²) in [4.78, 5) is 0. The molecule has 0 saturated carbocycles. The number of alkyl halides is 2. The van der Waals surface area contributed by atoms with Gasteiger partial charge in [0, 0.05) is 0 Å². The average molecular weight is 581 g/mol. The number of ether oxygens (including phenoxy) is 4. The van der Waals surface area contributed by atoms with Crippen molar-refractivity contribution in [2.24, 2.45) is 0 Å². The molecular formula is C10H16I3O4-. The minimum atomic E-state index is 0.0526. The summed E-state index contributed by atoms with van der Waals surface area (Å²) in [5, 5.41) is 0. The molecule has 0 spiro atoms. The summed E-state index contributed by atoms with van der Waals surface area (Å²) >= 11 is 4.78. The van der Waals surface area contributed by atoms with Gasteiger partial charge in [0.2, 0.25) is 0 Å². The minimum absolute atomic E-state index is 0.0526. The molecule has 6 atom stereocenters. The molecule has 2 aliphatic rings. The van der Waals surface area contributed by atoms with Crippen LogP contribution in [0.3, 0.4) is 0 Å². The van der Waals surface area contributed by atoms with Crippen LogP contribution in [0.15, 0.2) is 0 Å². The molecule has 0 aromatic heterocycles. The molecule has 102 valence electrons. The zero-order valence-corrected chi connectivity index (χ0v) is 16.1. The van der Waals surface area contributed by atoms with Crippen molar-refractivity contribution < 1.29 is 36.2 Å². The summed E-state index contributed by atoms with van der Waals surface area (Å²) < 4.78 is 23.9. The fourth-order valence-corrected chi connectivity index (χ4v) is 3.77. The summed E-state index contributed by atoms with van der Waals surface area (Å²) in [6, 6.07) is 0. The zero-order valence-electron chi connectivity index (χ0n) is 9.65. The van der Waals surface area contributed by atoms with Gasteiger partial charge in [-0.3, -0.25) is 0 Å². The molecule has 0 bridgehead atoms. The topological polar surface area (TPSA) is 36.9 Å². The van der Waals surface area contributed by atoms with Crippen molar-refractivity contribution in [2.45, 2.75) is 46.5 Å². The quantitative estimate of drug-likeness (QED) is 0.313. The van der Waals surface area contributed by atoms with Crippen LogP contribution < -0.4 is 17.2 Å². The van der Waals surface area contributed by atoms with Crippen LogP contribution in [0.4, 0.5) is 0 Å². The van der Waals surface area contributed by atoms with Crippen LogP contribution in [0.1, 0.15) is 13.8 Å². The summed E-state index contributed by atoms with van der Waals surface area (Å²) in [5.41, 5.74) is 0. The number of hydrogen-bond acceptors (Lipinski definition) is 4. The molecule has 0 N–H and O–H groups in total. The zero-order chi connectivity index (χ0) is 12.4. The molecule has 2 unspecified atom stereocenters. The van der Waals surface area contributed by atoms with Gasteiger partial charge in [-0.1, -0.05) is 0 Å². The van der Waals surface area contributed by atoms with Crippen LogP contribution in [0.5, 0.6) is 0 Å². The van der Waals surface area contributed by atoms with Gasteiger partial charge in [0.1, 0.15) is 0 Å². The summed E-state index contributed by atoms with van der Waals surface area (Å²) in [7, 11) is 0. The Morgan fingerprint density at radius 1 is 1.12 bits per heavy atom. The molecule has 0 radical (unpaired) electrons. The average Bonchev–Trinajstić information content (AvgIpc) is 2.83. The van der Waals surface area contributed by atoms with Crippen LogP contribution in [-0.2, 0) is 18.9 Å². The normalized spacial score (nSPS) is 40.5. The molecular weight excluding hydrogens is 565 g/mol. The first-order chi connectivity index (χ1) is 8.11. The van der Waals surface area contributed by atoms with E-state index in [-0.39, 0.29) is 45.8 Å². The van der Waals surface area contributed by atoms with Gasteiger partial charge in [-0.25, -0.2) is 0 Å². The number of halogens is 3. The number of rotatable bonds is 5. The first-order valence-electron chi connectivity index (χ1n) is 5.54. The van der Waals surface area contributed by atoms with E-state index in [2.05, 4.69) is 48.1 Å². The Morgan fingerprint density at radius 3 is 2.12 bits per heavy atom. The van der Waals surface area contributed by atoms with Crippen molar-refractivity contribution in [3.8, 4) is 0 Å². The van der Waals surface area contributed by atoms with Gasteiger partial charge in [-0.15, -0.1) is 0 Å². The molecule has 7 heteroatoms. The fraction of sp³-hybridized carbons (Fsp3) is 1.00. The van der Waals surface area contributed by atoms with E-state index < -0.39 is 0 Å². The third-order valence-electron chi connectivity index (χ3n) is 2.80. The Bertz CT molecular complexity index is 254. The van der Waals surface area contributed by atoms with Gasteiger partial charge in [0.05, 0.1) is 0 Å². The monoisotopic (exact) mass is 581 g/mol. The first kappa shape index (κ1) is 15.4. The summed E-state index contributed by atoms with van der Waals surface area (Å²) in [5.74, 6) is 0. The van der Waals surface area contributed by atoms with E-state index in [1.807, 2.05) is 6.92 Å². The van der Waals surface area contributed by atoms with Gasteiger partial charge < -0.3 is 0 Å². The van der Waals surface area contributed by atoms with Crippen molar-refractivity contribution in [1.29, 1.82) is 0 Å². The Morgan fingerprint density at radius 2 is 1.65 bits per heavy atom.